The molecule has 3 aromatic rings. The quantitative estimate of drug-likeness (QED) is 0.746. The SMILES string of the molecule is OC(CNCc1ccccc1)c1cccc2ccccc12. The van der Waals surface area contributed by atoms with Gasteiger partial charge in [0, 0.05) is 13.1 Å². The number of rotatable bonds is 5. The highest BCUT2D eigenvalue weighted by Gasteiger charge is 2.10. The van der Waals surface area contributed by atoms with Gasteiger partial charge in [0.2, 0.25) is 0 Å². The standard InChI is InChI=1S/C19H19NO/c21-19(14-20-13-15-7-2-1-3-8-15)18-12-6-10-16-9-4-5-11-17(16)18/h1-12,19-21H,13-14H2. The Morgan fingerprint density at radius 3 is 2.38 bits per heavy atom. The zero-order valence-electron chi connectivity index (χ0n) is 11.9. The summed E-state index contributed by atoms with van der Waals surface area (Å²) < 4.78 is 0. The van der Waals surface area contributed by atoms with Gasteiger partial charge in [-0.15, -0.1) is 0 Å². The molecule has 0 saturated carbocycles. The molecule has 2 nitrogen and oxygen atoms in total. The highest BCUT2D eigenvalue weighted by Crippen LogP contribution is 2.23. The van der Waals surface area contributed by atoms with Gasteiger partial charge in [0.1, 0.15) is 0 Å². The lowest BCUT2D eigenvalue weighted by Gasteiger charge is -2.14. The van der Waals surface area contributed by atoms with Crippen LogP contribution in [0.1, 0.15) is 17.2 Å². The van der Waals surface area contributed by atoms with E-state index >= 15 is 0 Å². The predicted octanol–water partition coefficient (Wildman–Crippen LogP) is 3.66. The molecule has 2 N–H and O–H groups in total. The Kier molecular flexibility index (Phi) is 4.29. The fourth-order valence-corrected chi connectivity index (χ4v) is 2.60. The fraction of sp³-hybridized carbons (Fsp3) is 0.158. The first kappa shape index (κ1) is 13.8. The molecular weight excluding hydrogens is 258 g/mol. The van der Waals surface area contributed by atoms with Crippen molar-refractivity contribution >= 4 is 10.8 Å². The molecule has 1 unspecified atom stereocenters. The highest BCUT2D eigenvalue weighted by molar-refractivity contribution is 5.85. The van der Waals surface area contributed by atoms with Crippen LogP contribution < -0.4 is 5.32 Å². The lowest BCUT2D eigenvalue weighted by atomic mass is 10.0. The van der Waals surface area contributed by atoms with Crippen LogP contribution in [0.5, 0.6) is 0 Å². The summed E-state index contributed by atoms with van der Waals surface area (Å²) in [4.78, 5) is 0. The van der Waals surface area contributed by atoms with Crippen LogP contribution in [0.3, 0.4) is 0 Å². The summed E-state index contributed by atoms with van der Waals surface area (Å²) in [6.07, 6.45) is -0.500. The minimum absolute atomic E-state index is 0.500. The number of hydrogen-bond acceptors (Lipinski definition) is 2. The summed E-state index contributed by atoms with van der Waals surface area (Å²) >= 11 is 0. The van der Waals surface area contributed by atoms with Gasteiger partial charge in [-0.1, -0.05) is 72.8 Å². The lowest BCUT2D eigenvalue weighted by Crippen LogP contribution is -2.21. The van der Waals surface area contributed by atoms with Gasteiger partial charge in [-0.25, -0.2) is 0 Å². The third-order valence-corrected chi connectivity index (χ3v) is 3.69. The molecule has 0 radical (unpaired) electrons. The second-order valence-corrected chi connectivity index (χ2v) is 5.20. The third kappa shape index (κ3) is 3.30. The molecule has 0 bridgehead atoms. The van der Waals surface area contributed by atoms with Crippen molar-refractivity contribution in [3.63, 3.8) is 0 Å². The Morgan fingerprint density at radius 2 is 1.52 bits per heavy atom. The van der Waals surface area contributed by atoms with E-state index in [0.29, 0.717) is 6.54 Å². The van der Waals surface area contributed by atoms with Gasteiger partial charge in [0.05, 0.1) is 6.10 Å². The molecule has 0 heterocycles. The molecule has 0 spiro atoms. The zero-order chi connectivity index (χ0) is 14.5. The average molecular weight is 277 g/mol. The minimum atomic E-state index is -0.500. The van der Waals surface area contributed by atoms with E-state index in [1.54, 1.807) is 0 Å². The van der Waals surface area contributed by atoms with Gasteiger partial charge in [0.15, 0.2) is 0 Å². The Morgan fingerprint density at radius 1 is 0.810 bits per heavy atom. The highest BCUT2D eigenvalue weighted by atomic mass is 16.3. The second-order valence-electron chi connectivity index (χ2n) is 5.20. The van der Waals surface area contributed by atoms with E-state index in [1.165, 1.54) is 5.56 Å². The second kappa shape index (κ2) is 6.53. The molecule has 3 aromatic carbocycles. The molecule has 0 aliphatic rings. The van der Waals surface area contributed by atoms with Gasteiger partial charge < -0.3 is 10.4 Å². The van der Waals surface area contributed by atoms with Gasteiger partial charge in [-0.3, -0.25) is 0 Å². The normalized spacial score (nSPS) is 12.4. The summed E-state index contributed by atoms with van der Waals surface area (Å²) in [5.74, 6) is 0. The predicted molar refractivity (Wildman–Crippen MR) is 87.1 cm³/mol. The van der Waals surface area contributed by atoms with Crippen LogP contribution in [0.2, 0.25) is 0 Å². The number of aliphatic hydroxyl groups is 1. The Bertz CT molecular complexity index is 704. The maximum absolute atomic E-state index is 10.4. The first-order chi connectivity index (χ1) is 10.3. The Labute approximate surface area is 125 Å². The first-order valence-electron chi connectivity index (χ1n) is 7.25. The van der Waals surface area contributed by atoms with Gasteiger partial charge >= 0.3 is 0 Å². The van der Waals surface area contributed by atoms with Crippen LogP contribution in [-0.2, 0) is 6.54 Å². The number of benzene rings is 3. The van der Waals surface area contributed by atoms with E-state index in [2.05, 4.69) is 35.6 Å². The summed E-state index contributed by atoms with van der Waals surface area (Å²) in [6, 6.07) is 24.5. The van der Waals surface area contributed by atoms with Gasteiger partial charge in [-0.05, 0) is 21.9 Å². The van der Waals surface area contributed by atoms with E-state index in [1.807, 2.05) is 42.5 Å². The van der Waals surface area contributed by atoms with Crippen LogP contribution in [0, 0.1) is 0 Å². The summed E-state index contributed by atoms with van der Waals surface area (Å²) in [5, 5.41) is 16.0. The molecule has 3 rings (SSSR count). The van der Waals surface area contributed by atoms with Crippen molar-refractivity contribution in [2.24, 2.45) is 0 Å². The van der Waals surface area contributed by atoms with Crippen molar-refractivity contribution in [1.29, 1.82) is 0 Å². The number of fused-ring (bicyclic) bond motifs is 1. The molecule has 0 aliphatic heterocycles. The monoisotopic (exact) mass is 277 g/mol. The van der Waals surface area contributed by atoms with Crippen LogP contribution in [0.4, 0.5) is 0 Å². The average Bonchev–Trinajstić information content (AvgIpc) is 2.55. The van der Waals surface area contributed by atoms with E-state index in [9.17, 15) is 5.11 Å². The summed E-state index contributed by atoms with van der Waals surface area (Å²) in [7, 11) is 0. The van der Waals surface area contributed by atoms with E-state index in [4.69, 9.17) is 0 Å². The Hall–Kier alpha value is -2.16. The van der Waals surface area contributed by atoms with E-state index < -0.39 is 6.10 Å². The van der Waals surface area contributed by atoms with Crippen molar-refractivity contribution in [2.45, 2.75) is 12.6 Å². The van der Waals surface area contributed by atoms with Gasteiger partial charge in [-0.2, -0.15) is 0 Å². The maximum atomic E-state index is 10.4. The summed E-state index contributed by atoms with van der Waals surface area (Å²) in [5.41, 5.74) is 2.20. The first-order valence-corrected chi connectivity index (χ1v) is 7.25. The summed E-state index contributed by atoms with van der Waals surface area (Å²) in [6.45, 7) is 1.31. The van der Waals surface area contributed by atoms with Crippen molar-refractivity contribution in [3.05, 3.63) is 83.9 Å². The third-order valence-electron chi connectivity index (χ3n) is 3.69. The molecular formula is C19H19NO. The molecule has 21 heavy (non-hydrogen) atoms. The minimum Gasteiger partial charge on any atom is -0.387 e. The van der Waals surface area contributed by atoms with E-state index in [-0.39, 0.29) is 0 Å². The molecule has 0 saturated heterocycles. The fourth-order valence-electron chi connectivity index (χ4n) is 2.60. The largest absolute Gasteiger partial charge is 0.387 e. The molecule has 0 fully saturated rings. The number of nitrogens with one attached hydrogen (secondary N) is 1. The Balaban J connectivity index is 1.68. The number of hydrogen-bond donors (Lipinski definition) is 2. The lowest BCUT2D eigenvalue weighted by molar-refractivity contribution is 0.176. The van der Waals surface area contributed by atoms with E-state index in [0.717, 1.165) is 22.9 Å². The van der Waals surface area contributed by atoms with Crippen LogP contribution in [0.25, 0.3) is 10.8 Å². The van der Waals surface area contributed by atoms with Gasteiger partial charge in [0.25, 0.3) is 0 Å². The van der Waals surface area contributed by atoms with Crippen molar-refractivity contribution in [3.8, 4) is 0 Å². The molecule has 0 amide bonds. The van der Waals surface area contributed by atoms with Crippen molar-refractivity contribution in [2.75, 3.05) is 6.54 Å². The smallest absolute Gasteiger partial charge is 0.0920 e. The van der Waals surface area contributed by atoms with Crippen molar-refractivity contribution in [1.82, 2.24) is 5.32 Å². The zero-order valence-corrected chi connectivity index (χ0v) is 11.9. The number of aliphatic hydroxyl groups excluding tert-OH is 1. The van der Waals surface area contributed by atoms with Crippen LogP contribution in [-0.4, -0.2) is 11.7 Å². The van der Waals surface area contributed by atoms with Crippen molar-refractivity contribution < 1.29 is 5.11 Å². The molecule has 0 aliphatic carbocycles. The molecule has 106 valence electrons. The molecule has 0 aromatic heterocycles. The maximum Gasteiger partial charge on any atom is 0.0920 e. The van der Waals surface area contributed by atoms with Crippen LogP contribution >= 0.6 is 0 Å². The topological polar surface area (TPSA) is 32.3 Å². The van der Waals surface area contributed by atoms with Crippen LogP contribution in [0.15, 0.2) is 72.8 Å². The molecule has 1 atom stereocenters. The molecule has 2 heteroatoms.